The molecule has 124 valence electrons. The van der Waals surface area contributed by atoms with Crippen molar-refractivity contribution >= 4 is 10.0 Å². The highest BCUT2D eigenvalue weighted by molar-refractivity contribution is 7.89. The summed E-state index contributed by atoms with van der Waals surface area (Å²) in [5.74, 6) is 0.972. The molecule has 0 spiro atoms. The Kier molecular flexibility index (Phi) is 4.50. The molecule has 3 rings (SSSR count). The summed E-state index contributed by atoms with van der Waals surface area (Å²) in [6.07, 6.45) is 3.50. The molecule has 23 heavy (non-hydrogen) atoms. The van der Waals surface area contributed by atoms with E-state index in [4.69, 9.17) is 0 Å². The molecule has 7 heteroatoms. The second kappa shape index (κ2) is 6.41. The van der Waals surface area contributed by atoms with Crippen molar-refractivity contribution in [2.45, 2.75) is 43.5 Å². The van der Waals surface area contributed by atoms with Gasteiger partial charge in [0.05, 0.1) is 4.90 Å². The minimum Gasteiger partial charge on any atom is -0.315 e. The predicted octanol–water partition coefficient (Wildman–Crippen LogP) is 2.43. The third-order valence-electron chi connectivity index (χ3n) is 4.29. The molecule has 1 saturated heterocycles. The van der Waals surface area contributed by atoms with Gasteiger partial charge in [0.25, 0.3) is 0 Å². The molecule has 1 fully saturated rings. The van der Waals surface area contributed by atoms with Crippen LogP contribution >= 0.6 is 0 Å². The first-order chi connectivity index (χ1) is 11.0. The molecule has 1 unspecified atom stereocenters. The lowest BCUT2D eigenvalue weighted by atomic mass is 9.98. The van der Waals surface area contributed by atoms with Crippen molar-refractivity contribution in [1.29, 1.82) is 0 Å². The zero-order valence-electron chi connectivity index (χ0n) is 13.5. The molecular weight excluding hydrogens is 312 g/mol. The Morgan fingerprint density at radius 3 is 2.65 bits per heavy atom. The Morgan fingerprint density at radius 1 is 1.22 bits per heavy atom. The minimum absolute atomic E-state index is 0.0899. The van der Waals surface area contributed by atoms with Crippen molar-refractivity contribution in [1.82, 2.24) is 19.1 Å². The van der Waals surface area contributed by atoms with E-state index >= 15 is 0 Å². The Labute approximate surface area is 137 Å². The molecule has 1 aromatic heterocycles. The maximum atomic E-state index is 12.8. The van der Waals surface area contributed by atoms with Gasteiger partial charge in [0.2, 0.25) is 10.0 Å². The van der Waals surface area contributed by atoms with Gasteiger partial charge in [-0.25, -0.2) is 8.42 Å². The van der Waals surface area contributed by atoms with E-state index in [1.165, 1.54) is 0 Å². The van der Waals surface area contributed by atoms with Gasteiger partial charge in [0.15, 0.2) is 0 Å². The highest BCUT2D eigenvalue weighted by atomic mass is 32.2. The predicted molar refractivity (Wildman–Crippen MR) is 87.6 cm³/mol. The van der Waals surface area contributed by atoms with E-state index in [9.17, 15) is 8.42 Å². The summed E-state index contributed by atoms with van der Waals surface area (Å²) in [5.41, 5.74) is 0. The van der Waals surface area contributed by atoms with E-state index in [1.807, 2.05) is 10.6 Å². The normalized spacial score (nSPS) is 20.0. The Morgan fingerprint density at radius 2 is 1.96 bits per heavy atom. The van der Waals surface area contributed by atoms with Crippen LogP contribution in [0.1, 0.15) is 44.5 Å². The van der Waals surface area contributed by atoms with Crippen molar-refractivity contribution in [3.63, 3.8) is 0 Å². The first kappa shape index (κ1) is 16.1. The van der Waals surface area contributed by atoms with Gasteiger partial charge in [-0.05, 0) is 38.8 Å². The molecule has 1 atom stereocenters. The van der Waals surface area contributed by atoms with Gasteiger partial charge in [-0.15, -0.1) is 10.2 Å². The van der Waals surface area contributed by atoms with Crippen LogP contribution < -0.4 is 0 Å². The summed E-state index contributed by atoms with van der Waals surface area (Å²) < 4.78 is 29.2. The van der Waals surface area contributed by atoms with Crippen molar-refractivity contribution < 1.29 is 8.42 Å². The van der Waals surface area contributed by atoms with Crippen LogP contribution in [-0.2, 0) is 10.0 Å². The molecule has 1 aliphatic heterocycles. The average molecular weight is 334 g/mol. The van der Waals surface area contributed by atoms with Gasteiger partial charge in [0.1, 0.15) is 12.2 Å². The van der Waals surface area contributed by atoms with Crippen LogP contribution in [-0.4, -0.2) is 40.6 Å². The van der Waals surface area contributed by atoms with Crippen molar-refractivity contribution in [3.8, 4) is 0 Å². The molecule has 2 heterocycles. The highest BCUT2D eigenvalue weighted by Gasteiger charge is 2.32. The van der Waals surface area contributed by atoms with Gasteiger partial charge in [-0.3, -0.25) is 0 Å². The molecule has 1 aliphatic rings. The van der Waals surface area contributed by atoms with Crippen molar-refractivity contribution in [3.05, 3.63) is 42.5 Å². The lowest BCUT2D eigenvalue weighted by Gasteiger charge is -2.32. The standard InChI is InChI=1S/C16H22N4O2S/c1-13(2)20-12-17-18-16(20)14-7-6-10-19(11-14)23(21,22)15-8-4-3-5-9-15/h3-5,8-9,12-14H,6-7,10-11H2,1-2H3. The molecule has 0 amide bonds. The maximum absolute atomic E-state index is 12.8. The summed E-state index contributed by atoms with van der Waals surface area (Å²) in [6.45, 7) is 5.18. The number of piperidine rings is 1. The molecule has 0 saturated carbocycles. The second-order valence-electron chi connectivity index (χ2n) is 6.21. The minimum atomic E-state index is -3.44. The monoisotopic (exact) mass is 334 g/mol. The second-order valence-corrected chi connectivity index (χ2v) is 8.14. The number of nitrogens with zero attached hydrogens (tertiary/aromatic N) is 4. The molecule has 0 radical (unpaired) electrons. The third kappa shape index (κ3) is 3.16. The fourth-order valence-electron chi connectivity index (χ4n) is 3.05. The third-order valence-corrected chi connectivity index (χ3v) is 6.17. The summed E-state index contributed by atoms with van der Waals surface area (Å²) in [7, 11) is -3.44. The molecule has 1 aromatic carbocycles. The topological polar surface area (TPSA) is 68.1 Å². The summed E-state index contributed by atoms with van der Waals surface area (Å²) in [5, 5.41) is 8.25. The van der Waals surface area contributed by atoms with Crippen LogP contribution in [0.15, 0.2) is 41.6 Å². The molecular formula is C16H22N4O2S. The van der Waals surface area contributed by atoms with Crippen LogP contribution in [0.5, 0.6) is 0 Å². The maximum Gasteiger partial charge on any atom is 0.243 e. The summed E-state index contributed by atoms with van der Waals surface area (Å²) in [4.78, 5) is 0.353. The smallest absolute Gasteiger partial charge is 0.243 e. The van der Waals surface area contributed by atoms with Gasteiger partial charge >= 0.3 is 0 Å². The number of hydrogen-bond donors (Lipinski definition) is 0. The summed E-state index contributed by atoms with van der Waals surface area (Å²) in [6, 6.07) is 8.89. The van der Waals surface area contributed by atoms with Crippen LogP contribution in [0, 0.1) is 0 Å². The zero-order chi connectivity index (χ0) is 16.4. The van der Waals surface area contributed by atoms with Gasteiger partial charge in [-0.1, -0.05) is 18.2 Å². The molecule has 0 N–H and O–H groups in total. The fourth-order valence-corrected chi connectivity index (χ4v) is 4.60. The largest absolute Gasteiger partial charge is 0.315 e. The van der Waals surface area contributed by atoms with Crippen molar-refractivity contribution in [2.24, 2.45) is 0 Å². The first-order valence-corrected chi connectivity index (χ1v) is 9.38. The van der Waals surface area contributed by atoms with E-state index < -0.39 is 10.0 Å². The van der Waals surface area contributed by atoms with E-state index in [2.05, 4.69) is 24.0 Å². The van der Waals surface area contributed by atoms with E-state index in [0.717, 1.165) is 18.7 Å². The Balaban J connectivity index is 1.85. The fraction of sp³-hybridized carbons (Fsp3) is 0.500. The first-order valence-electron chi connectivity index (χ1n) is 7.94. The van der Waals surface area contributed by atoms with Crippen LogP contribution in [0.2, 0.25) is 0 Å². The number of rotatable bonds is 4. The Bertz CT molecular complexity index is 755. The van der Waals surface area contributed by atoms with Gasteiger partial charge in [-0.2, -0.15) is 4.31 Å². The van der Waals surface area contributed by atoms with Crippen LogP contribution in [0.25, 0.3) is 0 Å². The molecule has 2 aromatic rings. The quantitative estimate of drug-likeness (QED) is 0.861. The van der Waals surface area contributed by atoms with Gasteiger partial charge in [0, 0.05) is 25.0 Å². The van der Waals surface area contributed by atoms with Crippen molar-refractivity contribution in [2.75, 3.05) is 13.1 Å². The average Bonchev–Trinajstić information content (AvgIpc) is 3.06. The van der Waals surface area contributed by atoms with E-state index in [0.29, 0.717) is 18.0 Å². The number of aromatic nitrogens is 3. The summed E-state index contributed by atoms with van der Waals surface area (Å²) >= 11 is 0. The Hall–Kier alpha value is -1.73. The van der Waals surface area contributed by atoms with E-state index in [1.54, 1.807) is 34.9 Å². The number of benzene rings is 1. The highest BCUT2D eigenvalue weighted by Crippen LogP contribution is 2.30. The molecule has 0 aliphatic carbocycles. The number of hydrogen-bond acceptors (Lipinski definition) is 4. The SMILES string of the molecule is CC(C)n1cnnc1C1CCCN(S(=O)(=O)c2ccccc2)C1. The lowest BCUT2D eigenvalue weighted by Crippen LogP contribution is -2.39. The molecule has 6 nitrogen and oxygen atoms in total. The van der Waals surface area contributed by atoms with E-state index in [-0.39, 0.29) is 12.0 Å². The lowest BCUT2D eigenvalue weighted by molar-refractivity contribution is 0.302. The molecule has 0 bridgehead atoms. The van der Waals surface area contributed by atoms with Crippen LogP contribution in [0.4, 0.5) is 0 Å². The van der Waals surface area contributed by atoms with Crippen LogP contribution in [0.3, 0.4) is 0 Å². The zero-order valence-corrected chi connectivity index (χ0v) is 14.3. The number of sulfonamides is 1. The van der Waals surface area contributed by atoms with Gasteiger partial charge < -0.3 is 4.57 Å².